The van der Waals surface area contributed by atoms with Crippen molar-refractivity contribution < 1.29 is 17.6 Å². The number of rotatable bonds is 2. The Morgan fingerprint density at radius 2 is 1.57 bits per heavy atom. The maximum Gasteiger partial charge on any atom is 0.252 e. The van der Waals surface area contributed by atoms with E-state index in [1.807, 2.05) is 0 Å². The van der Waals surface area contributed by atoms with Crippen molar-refractivity contribution in [2.75, 3.05) is 0 Å². The lowest BCUT2D eigenvalue weighted by Gasteiger charge is -1.98. The minimum atomic E-state index is -1.53. The molecule has 1 aromatic carbocycles. The molecule has 21 heavy (non-hydrogen) atoms. The van der Waals surface area contributed by atoms with Crippen LogP contribution in [0.5, 0.6) is 0 Å². The van der Waals surface area contributed by atoms with E-state index in [1.165, 1.54) is 0 Å². The van der Waals surface area contributed by atoms with E-state index in [4.69, 9.17) is 16.0 Å². The van der Waals surface area contributed by atoms with Crippen LogP contribution >= 0.6 is 11.6 Å². The molecule has 0 fully saturated rings. The van der Waals surface area contributed by atoms with Gasteiger partial charge in [-0.1, -0.05) is 11.6 Å². The van der Waals surface area contributed by atoms with Gasteiger partial charge in [-0.15, -0.1) is 10.2 Å². The lowest BCUT2D eigenvalue weighted by atomic mass is 10.2. The summed E-state index contributed by atoms with van der Waals surface area (Å²) < 4.78 is 44.6. The molecule has 0 N–H and O–H groups in total. The summed E-state index contributed by atoms with van der Waals surface area (Å²) in [6.07, 6.45) is 0. The molecule has 8 heteroatoms. The van der Waals surface area contributed by atoms with Gasteiger partial charge in [0.2, 0.25) is 11.8 Å². The van der Waals surface area contributed by atoms with Crippen molar-refractivity contribution in [1.29, 1.82) is 0 Å². The summed E-state index contributed by atoms with van der Waals surface area (Å²) in [5.74, 6) is -4.29. The summed E-state index contributed by atoms with van der Waals surface area (Å²) in [6.45, 7) is 0. The van der Waals surface area contributed by atoms with E-state index < -0.39 is 23.3 Å². The summed E-state index contributed by atoms with van der Waals surface area (Å²) >= 11 is 5.75. The average molecular weight is 312 g/mol. The fraction of sp³-hybridized carbons (Fsp3) is 0. The maximum atomic E-state index is 13.5. The van der Waals surface area contributed by atoms with Crippen molar-refractivity contribution in [1.82, 2.24) is 15.2 Å². The third-order valence-electron chi connectivity index (χ3n) is 2.63. The molecule has 0 saturated carbocycles. The van der Waals surface area contributed by atoms with Gasteiger partial charge in [-0.3, -0.25) is 0 Å². The second-order valence-corrected chi connectivity index (χ2v) is 4.46. The van der Waals surface area contributed by atoms with Crippen LogP contribution in [0, 0.1) is 17.7 Å². The minimum Gasteiger partial charge on any atom is -0.416 e. The quantitative estimate of drug-likeness (QED) is 0.674. The second-order valence-electron chi connectivity index (χ2n) is 4.02. The van der Waals surface area contributed by atoms with Crippen LogP contribution in [-0.4, -0.2) is 15.2 Å². The van der Waals surface area contributed by atoms with Gasteiger partial charge in [0.05, 0.1) is 5.56 Å². The number of halogens is 4. The first-order valence-corrected chi connectivity index (χ1v) is 6.04. The Hall–Kier alpha value is -2.41. The summed E-state index contributed by atoms with van der Waals surface area (Å²) in [5.41, 5.74) is 0.135. The second kappa shape index (κ2) is 5.17. The summed E-state index contributed by atoms with van der Waals surface area (Å²) in [7, 11) is 0. The Bertz CT molecular complexity index is 805. The smallest absolute Gasteiger partial charge is 0.252 e. The molecule has 4 nitrogen and oxygen atoms in total. The highest BCUT2D eigenvalue weighted by Crippen LogP contribution is 2.26. The Morgan fingerprint density at radius 1 is 0.905 bits per heavy atom. The highest BCUT2D eigenvalue weighted by Gasteiger charge is 2.18. The van der Waals surface area contributed by atoms with Crippen molar-refractivity contribution >= 4 is 11.6 Å². The van der Waals surface area contributed by atoms with Crippen molar-refractivity contribution in [3.8, 4) is 22.9 Å². The molecule has 0 spiro atoms. The zero-order valence-corrected chi connectivity index (χ0v) is 10.9. The van der Waals surface area contributed by atoms with Gasteiger partial charge in [-0.05, 0) is 30.3 Å². The van der Waals surface area contributed by atoms with Crippen LogP contribution in [0.25, 0.3) is 22.9 Å². The molecule has 3 rings (SSSR count). The number of nitrogens with zero attached hydrogens (tertiary/aromatic N) is 3. The first-order chi connectivity index (χ1) is 10.0. The summed E-state index contributed by atoms with van der Waals surface area (Å²) in [6, 6.07) is 7.08. The van der Waals surface area contributed by atoms with E-state index >= 15 is 0 Å². The highest BCUT2D eigenvalue weighted by molar-refractivity contribution is 6.30. The largest absolute Gasteiger partial charge is 0.416 e. The van der Waals surface area contributed by atoms with Crippen LogP contribution in [0.15, 0.2) is 34.7 Å². The van der Waals surface area contributed by atoms with E-state index in [-0.39, 0.29) is 11.8 Å². The lowest BCUT2D eigenvalue weighted by molar-refractivity contribution is 0.446. The SMILES string of the molecule is Fc1cc(-c2nnc(-c3ccc(Cl)cc3)o2)c(F)nc1F. The molecular formula is C13H5ClF3N3O. The summed E-state index contributed by atoms with van der Waals surface area (Å²) in [5, 5.41) is 7.84. The van der Waals surface area contributed by atoms with Gasteiger partial charge >= 0.3 is 0 Å². The molecule has 0 amide bonds. The topological polar surface area (TPSA) is 51.8 Å². The predicted octanol–water partition coefficient (Wildman–Crippen LogP) is 3.87. The van der Waals surface area contributed by atoms with Gasteiger partial charge in [0, 0.05) is 10.6 Å². The number of benzene rings is 1. The van der Waals surface area contributed by atoms with Gasteiger partial charge in [-0.2, -0.15) is 13.8 Å². The third kappa shape index (κ3) is 2.59. The van der Waals surface area contributed by atoms with E-state index in [9.17, 15) is 13.2 Å². The monoisotopic (exact) mass is 311 g/mol. The Balaban J connectivity index is 2.02. The standard InChI is InChI=1S/C13H5ClF3N3O/c14-7-3-1-6(2-4-7)12-19-20-13(21-12)8-5-9(15)11(17)18-10(8)16/h1-5H. The number of hydrogen-bond donors (Lipinski definition) is 0. The minimum absolute atomic E-state index is 0.0887. The highest BCUT2D eigenvalue weighted by atomic mass is 35.5. The van der Waals surface area contributed by atoms with Gasteiger partial charge < -0.3 is 4.42 Å². The maximum absolute atomic E-state index is 13.5. The molecular weight excluding hydrogens is 307 g/mol. The van der Waals surface area contributed by atoms with E-state index in [0.29, 0.717) is 16.7 Å². The van der Waals surface area contributed by atoms with Gasteiger partial charge in [0.25, 0.3) is 11.8 Å². The summed E-state index contributed by atoms with van der Waals surface area (Å²) in [4.78, 5) is 2.79. The molecule has 0 atom stereocenters. The molecule has 0 aliphatic heterocycles. The first-order valence-electron chi connectivity index (χ1n) is 5.66. The van der Waals surface area contributed by atoms with E-state index in [1.54, 1.807) is 24.3 Å². The Labute approximate surface area is 121 Å². The number of pyridine rings is 1. The molecule has 2 aromatic heterocycles. The zero-order chi connectivity index (χ0) is 15.0. The van der Waals surface area contributed by atoms with E-state index in [2.05, 4.69) is 15.2 Å². The van der Waals surface area contributed by atoms with E-state index in [0.717, 1.165) is 0 Å². The Morgan fingerprint density at radius 3 is 2.29 bits per heavy atom. The normalized spacial score (nSPS) is 10.9. The van der Waals surface area contributed by atoms with Crippen LogP contribution in [0.3, 0.4) is 0 Å². The van der Waals surface area contributed by atoms with Crippen LogP contribution in [0.1, 0.15) is 0 Å². The number of hydrogen-bond acceptors (Lipinski definition) is 4. The molecule has 2 heterocycles. The van der Waals surface area contributed by atoms with Crippen molar-refractivity contribution in [3.63, 3.8) is 0 Å². The first kappa shape index (κ1) is 13.6. The zero-order valence-electron chi connectivity index (χ0n) is 10.1. The van der Waals surface area contributed by atoms with Crippen LogP contribution in [-0.2, 0) is 0 Å². The Kier molecular flexibility index (Phi) is 3.34. The molecule has 3 aromatic rings. The molecule has 0 unspecified atom stereocenters. The van der Waals surface area contributed by atoms with Gasteiger partial charge in [0.1, 0.15) is 0 Å². The van der Waals surface area contributed by atoms with Crippen molar-refractivity contribution in [2.24, 2.45) is 0 Å². The molecule has 0 radical (unpaired) electrons. The average Bonchev–Trinajstić information content (AvgIpc) is 2.93. The molecule has 0 bridgehead atoms. The third-order valence-corrected chi connectivity index (χ3v) is 2.89. The lowest BCUT2D eigenvalue weighted by Crippen LogP contribution is -1.97. The van der Waals surface area contributed by atoms with Gasteiger partial charge in [0.15, 0.2) is 5.82 Å². The fourth-order valence-corrected chi connectivity index (χ4v) is 1.76. The molecule has 0 saturated heterocycles. The van der Waals surface area contributed by atoms with Crippen molar-refractivity contribution in [3.05, 3.63) is 53.1 Å². The predicted molar refractivity (Wildman–Crippen MR) is 67.8 cm³/mol. The van der Waals surface area contributed by atoms with Crippen molar-refractivity contribution in [2.45, 2.75) is 0 Å². The number of aromatic nitrogens is 3. The fourth-order valence-electron chi connectivity index (χ4n) is 1.64. The molecule has 106 valence electrons. The molecule has 0 aliphatic carbocycles. The van der Waals surface area contributed by atoms with Gasteiger partial charge in [-0.25, -0.2) is 4.39 Å². The van der Waals surface area contributed by atoms with Crippen LogP contribution in [0.2, 0.25) is 5.02 Å². The molecule has 0 aliphatic rings. The van der Waals surface area contributed by atoms with Crippen LogP contribution in [0.4, 0.5) is 13.2 Å². The van der Waals surface area contributed by atoms with Crippen LogP contribution < -0.4 is 0 Å².